The Kier molecular flexibility index (Phi) is 4.65. The number of carbonyl (C=O) groups is 1. The van der Waals surface area contributed by atoms with Crippen molar-refractivity contribution in [3.63, 3.8) is 0 Å². The molecular formula is C13H19ClN2OS. The number of fused-ring (bicyclic) bond motifs is 1. The van der Waals surface area contributed by atoms with Crippen LogP contribution in [0.5, 0.6) is 0 Å². The molecule has 0 bridgehead atoms. The van der Waals surface area contributed by atoms with Gasteiger partial charge in [0.15, 0.2) is 0 Å². The summed E-state index contributed by atoms with van der Waals surface area (Å²) in [7, 11) is 3.58. The standard InChI is InChI=1S/C13H19ClN2OS/c1-16(2)13(17)6-7-15-10-4-3-5-11-9(10)8-12(14)18-11/h8,10,15H,3-7H2,1-2H3. The molecule has 1 atom stereocenters. The SMILES string of the molecule is CN(C)C(=O)CCNC1CCCc2sc(Cl)cc21. The number of hydrogen-bond acceptors (Lipinski definition) is 3. The molecule has 2 rings (SSSR count). The highest BCUT2D eigenvalue weighted by atomic mass is 35.5. The lowest BCUT2D eigenvalue weighted by Gasteiger charge is -2.23. The van der Waals surface area contributed by atoms with Gasteiger partial charge in [0.05, 0.1) is 4.34 Å². The van der Waals surface area contributed by atoms with Crippen molar-refractivity contribution >= 4 is 28.8 Å². The van der Waals surface area contributed by atoms with Crippen molar-refractivity contribution in [2.75, 3.05) is 20.6 Å². The number of thiophene rings is 1. The molecule has 1 heterocycles. The van der Waals surface area contributed by atoms with E-state index in [1.165, 1.54) is 16.9 Å². The zero-order valence-corrected chi connectivity index (χ0v) is 12.4. The molecule has 0 saturated heterocycles. The summed E-state index contributed by atoms with van der Waals surface area (Å²) in [6, 6.07) is 2.44. The van der Waals surface area contributed by atoms with E-state index in [9.17, 15) is 4.79 Å². The lowest BCUT2D eigenvalue weighted by Crippen LogP contribution is -2.30. The Morgan fingerprint density at radius 1 is 1.61 bits per heavy atom. The number of nitrogens with zero attached hydrogens (tertiary/aromatic N) is 1. The Morgan fingerprint density at radius 3 is 3.11 bits per heavy atom. The summed E-state index contributed by atoms with van der Waals surface area (Å²) in [5.41, 5.74) is 1.34. The van der Waals surface area contributed by atoms with Crippen molar-refractivity contribution in [1.82, 2.24) is 10.2 Å². The molecule has 0 saturated carbocycles. The number of carbonyl (C=O) groups excluding carboxylic acids is 1. The molecule has 1 amide bonds. The summed E-state index contributed by atoms with van der Waals surface area (Å²) in [5.74, 6) is 0.168. The quantitative estimate of drug-likeness (QED) is 0.923. The molecule has 1 aliphatic carbocycles. The van der Waals surface area contributed by atoms with Crippen molar-refractivity contribution in [2.45, 2.75) is 31.7 Å². The van der Waals surface area contributed by atoms with Gasteiger partial charge in [0.1, 0.15) is 0 Å². The summed E-state index contributed by atoms with van der Waals surface area (Å²) in [6.45, 7) is 0.731. The molecule has 18 heavy (non-hydrogen) atoms. The van der Waals surface area contributed by atoms with Gasteiger partial charge in [-0.25, -0.2) is 0 Å². The maximum absolute atomic E-state index is 11.5. The lowest BCUT2D eigenvalue weighted by molar-refractivity contribution is -0.128. The van der Waals surface area contributed by atoms with Gasteiger partial charge in [0, 0.05) is 38.0 Å². The van der Waals surface area contributed by atoms with E-state index in [1.807, 2.05) is 0 Å². The van der Waals surface area contributed by atoms with E-state index in [4.69, 9.17) is 11.6 Å². The fourth-order valence-electron chi connectivity index (χ4n) is 2.31. The number of amides is 1. The average molecular weight is 287 g/mol. The number of aryl methyl sites for hydroxylation is 1. The summed E-state index contributed by atoms with van der Waals surface area (Å²) >= 11 is 7.76. The second-order valence-corrected chi connectivity index (χ2v) is 6.63. The minimum Gasteiger partial charge on any atom is -0.349 e. The van der Waals surface area contributed by atoms with E-state index in [1.54, 1.807) is 30.3 Å². The molecule has 5 heteroatoms. The largest absolute Gasteiger partial charge is 0.349 e. The molecule has 1 aromatic heterocycles. The van der Waals surface area contributed by atoms with Crippen LogP contribution in [0.25, 0.3) is 0 Å². The monoisotopic (exact) mass is 286 g/mol. The number of rotatable bonds is 4. The van der Waals surface area contributed by atoms with Gasteiger partial charge < -0.3 is 10.2 Å². The third-order valence-electron chi connectivity index (χ3n) is 3.31. The summed E-state index contributed by atoms with van der Waals surface area (Å²) in [6.07, 6.45) is 4.03. The van der Waals surface area contributed by atoms with E-state index >= 15 is 0 Å². The first-order valence-electron chi connectivity index (χ1n) is 6.29. The van der Waals surface area contributed by atoms with E-state index in [-0.39, 0.29) is 5.91 Å². The summed E-state index contributed by atoms with van der Waals surface area (Å²) < 4.78 is 0.873. The van der Waals surface area contributed by atoms with Gasteiger partial charge >= 0.3 is 0 Å². The molecule has 0 aliphatic heterocycles. The molecule has 1 unspecified atom stereocenters. The van der Waals surface area contributed by atoms with Gasteiger partial charge in [-0.05, 0) is 30.9 Å². The predicted octanol–water partition coefficient (Wildman–Crippen LogP) is 2.85. The van der Waals surface area contributed by atoms with Gasteiger partial charge in [0.2, 0.25) is 5.91 Å². The predicted molar refractivity (Wildman–Crippen MR) is 76.3 cm³/mol. The molecule has 1 aromatic rings. The summed E-state index contributed by atoms with van der Waals surface area (Å²) in [4.78, 5) is 14.5. The number of hydrogen-bond donors (Lipinski definition) is 1. The Balaban J connectivity index is 1.89. The van der Waals surface area contributed by atoms with Crippen molar-refractivity contribution in [3.8, 4) is 0 Å². The van der Waals surface area contributed by atoms with Gasteiger partial charge in [-0.2, -0.15) is 0 Å². The zero-order valence-electron chi connectivity index (χ0n) is 10.8. The van der Waals surface area contributed by atoms with Crippen LogP contribution >= 0.6 is 22.9 Å². The fraction of sp³-hybridized carbons (Fsp3) is 0.615. The minimum atomic E-state index is 0.168. The first-order chi connectivity index (χ1) is 8.58. The van der Waals surface area contributed by atoms with E-state index in [2.05, 4.69) is 11.4 Å². The van der Waals surface area contributed by atoms with Gasteiger partial charge in [-0.1, -0.05) is 11.6 Å². The van der Waals surface area contributed by atoms with Crippen molar-refractivity contribution < 1.29 is 4.79 Å². The Labute approximate surface area is 117 Å². The lowest BCUT2D eigenvalue weighted by atomic mass is 9.94. The molecule has 0 radical (unpaired) electrons. The minimum absolute atomic E-state index is 0.168. The van der Waals surface area contributed by atoms with Crippen LogP contribution < -0.4 is 5.32 Å². The van der Waals surface area contributed by atoms with E-state index < -0.39 is 0 Å². The number of halogens is 1. The Bertz CT molecular complexity index is 431. The maximum Gasteiger partial charge on any atom is 0.223 e. The number of nitrogens with one attached hydrogen (secondary N) is 1. The van der Waals surface area contributed by atoms with Crippen LogP contribution in [0.2, 0.25) is 4.34 Å². The molecular weight excluding hydrogens is 268 g/mol. The van der Waals surface area contributed by atoms with Crippen molar-refractivity contribution in [2.24, 2.45) is 0 Å². The fourth-order valence-corrected chi connectivity index (χ4v) is 3.69. The van der Waals surface area contributed by atoms with Crippen molar-refractivity contribution in [1.29, 1.82) is 0 Å². The van der Waals surface area contributed by atoms with Gasteiger partial charge in [-0.15, -0.1) is 11.3 Å². The van der Waals surface area contributed by atoms with Gasteiger partial charge in [-0.3, -0.25) is 4.79 Å². The van der Waals surface area contributed by atoms with E-state index in [0.717, 1.165) is 23.7 Å². The van der Waals surface area contributed by atoms with Gasteiger partial charge in [0.25, 0.3) is 0 Å². The third kappa shape index (κ3) is 3.25. The van der Waals surface area contributed by atoms with Crippen LogP contribution in [0.15, 0.2) is 6.07 Å². The zero-order chi connectivity index (χ0) is 13.1. The molecule has 0 spiro atoms. The van der Waals surface area contributed by atoms with Crippen molar-refractivity contribution in [3.05, 3.63) is 20.8 Å². The second-order valence-electron chi connectivity index (χ2n) is 4.87. The molecule has 3 nitrogen and oxygen atoms in total. The normalized spacial score (nSPS) is 18.5. The van der Waals surface area contributed by atoms with Crippen LogP contribution in [-0.2, 0) is 11.2 Å². The first kappa shape index (κ1) is 13.8. The maximum atomic E-state index is 11.5. The first-order valence-corrected chi connectivity index (χ1v) is 7.49. The average Bonchev–Trinajstić information content (AvgIpc) is 2.70. The molecule has 1 N–H and O–H groups in total. The highest BCUT2D eigenvalue weighted by Gasteiger charge is 2.22. The van der Waals surface area contributed by atoms with Crippen LogP contribution in [0, 0.1) is 0 Å². The van der Waals surface area contributed by atoms with Crippen LogP contribution in [0.3, 0.4) is 0 Å². The van der Waals surface area contributed by atoms with E-state index in [0.29, 0.717) is 12.5 Å². The van der Waals surface area contributed by atoms with Crippen LogP contribution in [0.4, 0.5) is 0 Å². The molecule has 0 aromatic carbocycles. The molecule has 100 valence electrons. The highest BCUT2D eigenvalue weighted by molar-refractivity contribution is 7.16. The van der Waals surface area contributed by atoms with Crippen LogP contribution in [0.1, 0.15) is 35.7 Å². The Morgan fingerprint density at radius 2 is 2.39 bits per heavy atom. The third-order valence-corrected chi connectivity index (χ3v) is 4.65. The van der Waals surface area contributed by atoms with Crippen LogP contribution in [-0.4, -0.2) is 31.4 Å². The summed E-state index contributed by atoms with van der Waals surface area (Å²) in [5, 5.41) is 3.48. The smallest absolute Gasteiger partial charge is 0.223 e. The topological polar surface area (TPSA) is 32.3 Å². The molecule has 0 fully saturated rings. The highest BCUT2D eigenvalue weighted by Crippen LogP contribution is 2.37. The Hall–Kier alpha value is -0.580. The molecule has 1 aliphatic rings. The second kappa shape index (κ2) is 6.04.